The Kier molecular flexibility index (Phi) is 56.3. The van der Waals surface area contributed by atoms with Crippen molar-refractivity contribution in [3.05, 3.63) is 97.2 Å². The first-order chi connectivity index (χ1) is 49.3. The summed E-state index contributed by atoms with van der Waals surface area (Å²) in [5, 5.41) is 121. The molecule has 3 aliphatic heterocycles. The number of carbonyl (C=O) groups excluding carboxylic acids is 1. The lowest BCUT2D eigenvalue weighted by atomic mass is 9.96. The van der Waals surface area contributed by atoms with Crippen molar-refractivity contribution in [3.8, 4) is 0 Å². The molecule has 3 heterocycles. The van der Waals surface area contributed by atoms with Crippen LogP contribution < -0.4 is 5.32 Å². The number of unbranched alkanes of at least 4 members (excludes halogenated alkanes) is 32. The van der Waals surface area contributed by atoms with E-state index in [1.165, 1.54) is 161 Å². The second-order valence-corrected chi connectivity index (χ2v) is 28.1. The van der Waals surface area contributed by atoms with Gasteiger partial charge in [0.1, 0.15) is 73.2 Å². The highest BCUT2D eigenvalue weighted by Gasteiger charge is 2.54. The van der Waals surface area contributed by atoms with Crippen LogP contribution in [0.5, 0.6) is 0 Å². The zero-order chi connectivity index (χ0) is 73.2. The van der Waals surface area contributed by atoms with Gasteiger partial charge >= 0.3 is 0 Å². The topological polar surface area (TPSA) is 307 Å². The van der Waals surface area contributed by atoms with Crippen LogP contribution in [0, 0.1) is 0 Å². The van der Waals surface area contributed by atoms with E-state index >= 15 is 0 Å². The number of aliphatic hydroxyl groups excluding tert-OH is 11. The van der Waals surface area contributed by atoms with Gasteiger partial charge in [0.05, 0.1) is 38.6 Å². The first-order valence-electron chi connectivity index (χ1n) is 40.0. The molecule has 101 heavy (non-hydrogen) atoms. The summed E-state index contributed by atoms with van der Waals surface area (Å²) < 4.78 is 34.4. The maximum atomic E-state index is 13.5. The number of nitrogens with one attached hydrogen (secondary N) is 1. The molecule has 0 saturated carbocycles. The van der Waals surface area contributed by atoms with Crippen molar-refractivity contribution >= 4 is 5.91 Å². The first-order valence-corrected chi connectivity index (χ1v) is 40.0. The minimum atomic E-state index is -1.99. The summed E-state index contributed by atoms with van der Waals surface area (Å²) in [6, 6.07) is -1.00. The molecule has 19 heteroatoms. The van der Waals surface area contributed by atoms with Crippen molar-refractivity contribution in [2.45, 2.75) is 388 Å². The van der Waals surface area contributed by atoms with Gasteiger partial charge in [0.25, 0.3) is 0 Å². The van der Waals surface area contributed by atoms with Crippen molar-refractivity contribution in [1.29, 1.82) is 0 Å². The standard InChI is InChI=1S/C82H143NO18/c1-3-5-7-9-11-13-15-17-19-21-23-25-27-29-31-32-34-36-38-40-42-44-46-48-50-52-54-56-58-60-70(88)83-65(66(87)59-57-55-53-51-49-47-45-43-41-39-37-35-33-30-28-26-24-22-20-18-16-14-12-10-8-6-4-2)64-96-80-76(94)73(91)78(68(62-85)98-80)101-82-77(95)74(92)79(69(63-86)99-82)100-81-75(93)72(90)71(89)67(61-84)97-81/h5,7,11,13,17,19,23,25,29,31,34,36,49,51,57,59,65-69,71-82,84-87,89-95H,3-4,6,8-10,12,14-16,18,20-22,24,26-28,30,32-33,35,37-48,50,52-56,58,60-64H2,1-2H3,(H,83,88)/b7-5-,13-11-,19-17-,25-23-,31-29-,36-34-,51-49+,59-57+. The number of aliphatic hydroxyl groups is 11. The fourth-order valence-electron chi connectivity index (χ4n) is 13.0. The SMILES string of the molecule is CC/C=C\C/C=C\C/C=C\C/C=C\C/C=C\C/C=C\CCCCCCCCCCCCC(=O)NC(COC1OC(CO)C(OC2OC(CO)C(OC3OC(CO)C(O)C(O)C3O)C(O)C2O)C(O)C1O)C(O)/C=C/CC/C=C/CCCCCCCCCCCCCCCCCCCCCCC. The fraction of sp³-hybridized carbons (Fsp3) is 0.793. The molecule has 3 aliphatic rings. The van der Waals surface area contributed by atoms with Crippen molar-refractivity contribution in [2.75, 3.05) is 26.4 Å². The number of allylic oxidation sites excluding steroid dienone is 15. The maximum absolute atomic E-state index is 13.5. The summed E-state index contributed by atoms with van der Waals surface area (Å²) in [6.45, 7) is 1.62. The molecule has 19 nitrogen and oxygen atoms in total. The van der Waals surface area contributed by atoms with Gasteiger partial charge in [-0.3, -0.25) is 4.79 Å². The lowest BCUT2D eigenvalue weighted by Crippen LogP contribution is -2.66. The van der Waals surface area contributed by atoms with Crippen LogP contribution in [-0.4, -0.2) is 193 Å². The summed E-state index contributed by atoms with van der Waals surface area (Å²) in [5.41, 5.74) is 0. The fourth-order valence-corrected chi connectivity index (χ4v) is 13.0. The zero-order valence-electron chi connectivity index (χ0n) is 62.4. The molecule has 584 valence electrons. The third-order valence-corrected chi connectivity index (χ3v) is 19.4. The quantitative estimate of drug-likeness (QED) is 0.0199. The van der Waals surface area contributed by atoms with Crippen LogP contribution in [0.2, 0.25) is 0 Å². The van der Waals surface area contributed by atoms with E-state index in [0.29, 0.717) is 12.8 Å². The van der Waals surface area contributed by atoms with E-state index in [1.54, 1.807) is 6.08 Å². The van der Waals surface area contributed by atoms with Crippen molar-refractivity contribution in [3.63, 3.8) is 0 Å². The Bertz CT molecular complexity index is 2200. The van der Waals surface area contributed by atoms with Crippen molar-refractivity contribution in [1.82, 2.24) is 5.32 Å². The largest absolute Gasteiger partial charge is 0.394 e. The molecule has 3 saturated heterocycles. The molecule has 0 spiro atoms. The van der Waals surface area contributed by atoms with Gasteiger partial charge in [-0.2, -0.15) is 0 Å². The van der Waals surface area contributed by atoms with Crippen LogP contribution in [0.15, 0.2) is 97.2 Å². The summed E-state index contributed by atoms with van der Waals surface area (Å²) in [7, 11) is 0. The third kappa shape index (κ3) is 42.0. The molecule has 3 rings (SSSR count). The van der Waals surface area contributed by atoms with Gasteiger partial charge in [-0.1, -0.05) is 291 Å². The minimum Gasteiger partial charge on any atom is -0.394 e. The van der Waals surface area contributed by atoms with Crippen LogP contribution in [0.3, 0.4) is 0 Å². The molecule has 0 aromatic rings. The van der Waals surface area contributed by atoms with E-state index in [1.807, 2.05) is 6.08 Å². The number of hydrogen-bond acceptors (Lipinski definition) is 18. The summed E-state index contributed by atoms with van der Waals surface area (Å²) in [6.07, 6.45) is 56.7. The van der Waals surface area contributed by atoms with Gasteiger partial charge < -0.3 is 89.9 Å². The molecule has 0 radical (unpaired) electrons. The smallest absolute Gasteiger partial charge is 0.220 e. The van der Waals surface area contributed by atoms with Crippen LogP contribution in [0.1, 0.15) is 284 Å². The number of amides is 1. The Balaban J connectivity index is 1.40. The van der Waals surface area contributed by atoms with Gasteiger partial charge in [-0.05, 0) is 83.5 Å². The second kappa shape index (κ2) is 61.8. The lowest BCUT2D eigenvalue weighted by molar-refractivity contribution is -0.379. The Hall–Kier alpha value is -3.29. The Morgan fingerprint density at radius 1 is 0.366 bits per heavy atom. The predicted molar refractivity (Wildman–Crippen MR) is 401 cm³/mol. The normalized spacial score (nSPS) is 26.8. The molecule has 17 atom stereocenters. The minimum absolute atomic E-state index is 0.225. The molecule has 12 N–H and O–H groups in total. The van der Waals surface area contributed by atoms with Gasteiger partial charge in [0, 0.05) is 6.42 Å². The summed E-state index contributed by atoms with van der Waals surface area (Å²) >= 11 is 0. The van der Waals surface area contributed by atoms with Gasteiger partial charge in [-0.25, -0.2) is 0 Å². The van der Waals surface area contributed by atoms with E-state index in [9.17, 15) is 61.0 Å². The molecular weight excluding hydrogens is 1290 g/mol. The van der Waals surface area contributed by atoms with E-state index in [-0.39, 0.29) is 18.9 Å². The average molecular weight is 1430 g/mol. The van der Waals surface area contributed by atoms with Crippen LogP contribution >= 0.6 is 0 Å². The Morgan fingerprint density at radius 3 is 1.11 bits per heavy atom. The molecule has 17 unspecified atom stereocenters. The third-order valence-electron chi connectivity index (χ3n) is 19.4. The highest BCUT2D eigenvalue weighted by molar-refractivity contribution is 5.76. The number of rotatable bonds is 62. The lowest BCUT2D eigenvalue weighted by Gasteiger charge is -2.48. The van der Waals surface area contributed by atoms with Gasteiger partial charge in [0.15, 0.2) is 18.9 Å². The van der Waals surface area contributed by atoms with Gasteiger partial charge in [-0.15, -0.1) is 0 Å². The molecule has 0 aliphatic carbocycles. The van der Waals surface area contributed by atoms with Crippen molar-refractivity contribution < 1.29 is 89.4 Å². The second-order valence-electron chi connectivity index (χ2n) is 28.1. The van der Waals surface area contributed by atoms with E-state index in [4.69, 9.17) is 28.4 Å². The number of carbonyl (C=O) groups is 1. The zero-order valence-corrected chi connectivity index (χ0v) is 62.4. The van der Waals surface area contributed by atoms with Gasteiger partial charge in [0.2, 0.25) is 5.91 Å². The summed E-state index contributed by atoms with van der Waals surface area (Å²) in [5.74, 6) is -0.291. The monoisotopic (exact) mass is 1430 g/mol. The molecule has 0 aromatic carbocycles. The molecule has 0 aromatic heterocycles. The maximum Gasteiger partial charge on any atom is 0.220 e. The van der Waals surface area contributed by atoms with E-state index < -0.39 is 124 Å². The Labute approximate surface area is 609 Å². The van der Waals surface area contributed by atoms with E-state index in [0.717, 1.165) is 89.9 Å². The first kappa shape index (κ1) is 91.9. The number of hydrogen-bond donors (Lipinski definition) is 12. The molecule has 3 fully saturated rings. The Morgan fingerprint density at radius 2 is 0.693 bits per heavy atom. The molecule has 1 amide bonds. The highest BCUT2D eigenvalue weighted by atomic mass is 16.8. The molecular formula is C82H143NO18. The highest BCUT2D eigenvalue weighted by Crippen LogP contribution is 2.33. The molecule has 0 bridgehead atoms. The average Bonchev–Trinajstić information content (AvgIpc) is 0.796. The van der Waals surface area contributed by atoms with Crippen molar-refractivity contribution in [2.24, 2.45) is 0 Å². The summed E-state index contributed by atoms with van der Waals surface area (Å²) in [4.78, 5) is 13.5. The predicted octanol–water partition coefficient (Wildman–Crippen LogP) is 13.2. The van der Waals surface area contributed by atoms with Crippen LogP contribution in [0.4, 0.5) is 0 Å². The van der Waals surface area contributed by atoms with Crippen LogP contribution in [-0.2, 0) is 33.2 Å². The van der Waals surface area contributed by atoms with E-state index in [2.05, 4.69) is 104 Å². The number of ether oxygens (including phenoxy) is 6. The van der Waals surface area contributed by atoms with Crippen LogP contribution in [0.25, 0.3) is 0 Å².